The van der Waals surface area contributed by atoms with Gasteiger partial charge in [0.15, 0.2) is 0 Å². The molecule has 198 valence electrons. The van der Waals surface area contributed by atoms with Crippen molar-refractivity contribution >= 4 is 0 Å². The van der Waals surface area contributed by atoms with Gasteiger partial charge in [-0.25, -0.2) is 0 Å². The van der Waals surface area contributed by atoms with Gasteiger partial charge in [0, 0.05) is 7.11 Å². The molecule has 1 rings (SSSR count). The Morgan fingerprint density at radius 3 is 2.20 bits per heavy atom. The number of aliphatic hydroxyl groups excluding tert-OH is 3. The van der Waals surface area contributed by atoms with E-state index in [0.29, 0.717) is 6.61 Å². The Hall–Kier alpha value is -1.96. The molecule has 0 bridgehead atoms. The van der Waals surface area contributed by atoms with Crippen LogP contribution in [0.25, 0.3) is 0 Å². The van der Waals surface area contributed by atoms with Crippen molar-refractivity contribution in [2.75, 3.05) is 20.3 Å². The molecule has 6 heteroatoms. The zero-order chi connectivity index (χ0) is 25.6. The predicted octanol–water partition coefficient (Wildman–Crippen LogP) is 5.08. The summed E-state index contributed by atoms with van der Waals surface area (Å²) in [5, 5.41) is 29.7. The molecular weight excluding hydrogens is 444 g/mol. The van der Waals surface area contributed by atoms with Crippen LogP contribution in [0.5, 0.6) is 0 Å². The molecule has 0 aromatic heterocycles. The maximum atomic E-state index is 10.6. The summed E-state index contributed by atoms with van der Waals surface area (Å²) in [6.07, 6.45) is 16.3. The van der Waals surface area contributed by atoms with Crippen LogP contribution in [0.2, 0.25) is 0 Å². The zero-order valence-corrected chi connectivity index (χ0v) is 21.3. The third-order valence-electron chi connectivity index (χ3n) is 5.77. The predicted molar refractivity (Wildman–Crippen MR) is 141 cm³/mol. The van der Waals surface area contributed by atoms with E-state index in [-0.39, 0.29) is 13.2 Å². The van der Waals surface area contributed by atoms with Crippen LogP contribution in [-0.2, 0) is 20.8 Å². The molecule has 0 radical (unpaired) electrons. The van der Waals surface area contributed by atoms with Gasteiger partial charge in [0.25, 0.3) is 0 Å². The molecule has 0 aliphatic rings. The van der Waals surface area contributed by atoms with Crippen LogP contribution in [0.4, 0.5) is 0 Å². The first-order chi connectivity index (χ1) is 17.1. The highest BCUT2D eigenvalue weighted by atomic mass is 16.5. The summed E-state index contributed by atoms with van der Waals surface area (Å²) >= 11 is 0. The lowest BCUT2D eigenvalue weighted by molar-refractivity contribution is -0.0444. The number of methoxy groups -OCH3 is 1. The smallest absolute Gasteiger partial charge is 0.118 e. The molecule has 0 saturated carbocycles. The minimum Gasteiger partial charge on any atom is -0.499 e. The summed E-state index contributed by atoms with van der Waals surface area (Å²) in [5.74, 6) is 0. The maximum absolute atomic E-state index is 10.6. The van der Waals surface area contributed by atoms with Crippen molar-refractivity contribution in [2.24, 2.45) is 0 Å². The van der Waals surface area contributed by atoms with Crippen LogP contribution < -0.4 is 0 Å². The van der Waals surface area contributed by atoms with Crippen LogP contribution in [0, 0.1) is 0 Å². The number of allylic oxidation sites excluding steroid dienone is 2. The van der Waals surface area contributed by atoms with Crippen molar-refractivity contribution in [2.45, 2.75) is 88.8 Å². The monoisotopic (exact) mass is 490 g/mol. The second-order valence-electron chi connectivity index (χ2n) is 8.71. The number of hydrogen-bond acceptors (Lipinski definition) is 6. The van der Waals surface area contributed by atoms with E-state index < -0.39 is 24.4 Å². The molecule has 0 aliphatic heterocycles. The van der Waals surface area contributed by atoms with Crippen molar-refractivity contribution in [1.29, 1.82) is 0 Å². The number of benzene rings is 1. The highest BCUT2D eigenvalue weighted by Crippen LogP contribution is 2.12. The lowest BCUT2D eigenvalue weighted by Crippen LogP contribution is -2.31. The lowest BCUT2D eigenvalue weighted by Gasteiger charge is -2.21. The fraction of sp³-hybridized carbons (Fsp3) is 0.586. The minimum absolute atomic E-state index is 0.00957. The van der Waals surface area contributed by atoms with Crippen LogP contribution in [-0.4, -0.2) is 60.1 Å². The van der Waals surface area contributed by atoms with Gasteiger partial charge in [0.05, 0.1) is 19.5 Å². The molecule has 0 amide bonds. The van der Waals surface area contributed by atoms with Gasteiger partial charge in [0.1, 0.15) is 31.0 Å². The highest BCUT2D eigenvalue weighted by Gasteiger charge is 2.18. The Kier molecular flexibility index (Phi) is 18.9. The van der Waals surface area contributed by atoms with Gasteiger partial charge in [-0.05, 0) is 37.3 Å². The van der Waals surface area contributed by atoms with Gasteiger partial charge in [-0.2, -0.15) is 0 Å². The molecule has 6 nitrogen and oxygen atoms in total. The summed E-state index contributed by atoms with van der Waals surface area (Å²) in [6.45, 7) is 3.85. The second-order valence-corrected chi connectivity index (χ2v) is 8.71. The maximum Gasteiger partial charge on any atom is 0.118 e. The molecule has 0 fully saturated rings. The largest absolute Gasteiger partial charge is 0.499 e. The standard InChI is InChI=1S/C29H46O6/c1-3-4-5-6-7-8-9-10-11-12-16-19-28(35-23-25-17-14-13-15-18-25)27(32)24-34-21-20-26(31)29(22-30)33-2/h3,13-21,26-32H,1,4-12,22-24H2,2H3/b19-16+,21-20+. The van der Waals surface area contributed by atoms with E-state index in [2.05, 4.69) is 12.7 Å². The van der Waals surface area contributed by atoms with E-state index >= 15 is 0 Å². The molecule has 1 aromatic rings. The van der Waals surface area contributed by atoms with E-state index in [4.69, 9.17) is 19.3 Å². The first-order valence-corrected chi connectivity index (χ1v) is 12.8. The number of rotatable bonds is 22. The van der Waals surface area contributed by atoms with Gasteiger partial charge >= 0.3 is 0 Å². The summed E-state index contributed by atoms with van der Waals surface area (Å²) in [6, 6.07) is 9.84. The zero-order valence-electron chi connectivity index (χ0n) is 21.3. The molecular formula is C29H46O6. The van der Waals surface area contributed by atoms with Crippen LogP contribution in [0.15, 0.2) is 67.5 Å². The van der Waals surface area contributed by atoms with Crippen molar-refractivity contribution in [3.8, 4) is 0 Å². The van der Waals surface area contributed by atoms with E-state index in [0.717, 1.165) is 24.8 Å². The van der Waals surface area contributed by atoms with Crippen molar-refractivity contribution in [3.63, 3.8) is 0 Å². The number of unbranched alkanes of at least 4 members (excludes halogenated alkanes) is 8. The SMILES string of the molecule is C=CCCCCCCCCC/C=C/C(OCc1ccccc1)C(O)CO/C=C/C(O)C(CO)OC. The Morgan fingerprint density at radius 2 is 1.57 bits per heavy atom. The molecule has 35 heavy (non-hydrogen) atoms. The van der Waals surface area contributed by atoms with Gasteiger partial charge in [-0.15, -0.1) is 6.58 Å². The molecule has 3 N–H and O–H groups in total. The molecule has 1 aromatic carbocycles. The third-order valence-corrected chi connectivity index (χ3v) is 5.77. The van der Waals surface area contributed by atoms with Crippen LogP contribution >= 0.6 is 0 Å². The second kappa shape index (κ2) is 21.3. The molecule has 0 spiro atoms. The van der Waals surface area contributed by atoms with E-state index in [1.54, 1.807) is 0 Å². The summed E-state index contributed by atoms with van der Waals surface area (Å²) < 4.78 is 16.3. The summed E-state index contributed by atoms with van der Waals surface area (Å²) in [4.78, 5) is 0. The first kappa shape index (κ1) is 31.1. The normalized spacial score (nSPS) is 15.3. The van der Waals surface area contributed by atoms with E-state index in [1.807, 2.05) is 42.5 Å². The lowest BCUT2D eigenvalue weighted by atomic mass is 10.1. The molecule has 4 unspecified atom stereocenters. The Labute approximate surface area is 211 Å². The van der Waals surface area contributed by atoms with Crippen molar-refractivity contribution in [1.82, 2.24) is 0 Å². The third kappa shape index (κ3) is 15.6. The quantitative estimate of drug-likeness (QED) is 0.119. The summed E-state index contributed by atoms with van der Waals surface area (Å²) in [7, 11) is 1.41. The van der Waals surface area contributed by atoms with Gasteiger partial charge < -0.3 is 29.5 Å². The van der Waals surface area contributed by atoms with Gasteiger partial charge in [-0.3, -0.25) is 0 Å². The Morgan fingerprint density at radius 1 is 0.914 bits per heavy atom. The van der Waals surface area contributed by atoms with Crippen LogP contribution in [0.1, 0.15) is 63.4 Å². The van der Waals surface area contributed by atoms with E-state index in [9.17, 15) is 10.2 Å². The van der Waals surface area contributed by atoms with Gasteiger partial charge in [0.2, 0.25) is 0 Å². The first-order valence-electron chi connectivity index (χ1n) is 12.8. The number of hydrogen-bond donors (Lipinski definition) is 3. The highest BCUT2D eigenvalue weighted by molar-refractivity contribution is 5.13. The molecule has 4 atom stereocenters. The fourth-order valence-corrected chi connectivity index (χ4v) is 3.56. The Bertz CT molecular complexity index is 671. The summed E-state index contributed by atoms with van der Waals surface area (Å²) in [5.41, 5.74) is 1.03. The average molecular weight is 491 g/mol. The number of ether oxygens (including phenoxy) is 3. The van der Waals surface area contributed by atoms with Crippen LogP contribution in [0.3, 0.4) is 0 Å². The van der Waals surface area contributed by atoms with Gasteiger partial charge in [-0.1, -0.05) is 80.7 Å². The van der Waals surface area contributed by atoms with Crippen molar-refractivity contribution in [3.05, 3.63) is 73.0 Å². The topological polar surface area (TPSA) is 88.4 Å². The minimum atomic E-state index is -1.00. The van der Waals surface area contributed by atoms with Crippen molar-refractivity contribution < 1.29 is 29.5 Å². The molecule has 0 aliphatic carbocycles. The van der Waals surface area contributed by atoms with E-state index in [1.165, 1.54) is 58.0 Å². The Balaban J connectivity index is 2.44. The number of aliphatic hydroxyl groups is 3. The fourth-order valence-electron chi connectivity index (χ4n) is 3.56. The molecule has 0 saturated heterocycles. The average Bonchev–Trinajstić information content (AvgIpc) is 2.88. The molecule has 0 heterocycles.